The summed E-state index contributed by atoms with van der Waals surface area (Å²) in [6, 6.07) is 8.84. The van der Waals surface area contributed by atoms with E-state index in [1.165, 1.54) is 38.5 Å². The topological polar surface area (TPSA) is 54.3 Å². The molecule has 0 saturated heterocycles. The lowest BCUT2D eigenvalue weighted by Gasteiger charge is -2.59. The summed E-state index contributed by atoms with van der Waals surface area (Å²) in [6.07, 6.45) is 8.09. The van der Waals surface area contributed by atoms with Crippen LogP contribution in [0.2, 0.25) is 10.0 Å². The fraction of sp³-hybridized carbons (Fsp3) is 0.500. The van der Waals surface area contributed by atoms with Gasteiger partial charge in [0.15, 0.2) is 10.9 Å². The molecule has 7 heteroatoms. The maximum Gasteiger partial charge on any atom is 0.293 e. The molecule has 0 spiro atoms. The molecule has 6 rings (SSSR count). The molecule has 2 N–H and O–H groups in total. The molecule has 164 valence electrons. The van der Waals surface area contributed by atoms with Crippen molar-refractivity contribution >= 4 is 46.4 Å². The Hall–Kier alpha value is -1.56. The Kier molecular flexibility index (Phi) is 5.56. The van der Waals surface area contributed by atoms with Crippen molar-refractivity contribution in [2.45, 2.75) is 51.5 Å². The zero-order chi connectivity index (χ0) is 21.8. The Bertz CT molecular complexity index is 999. The van der Waals surface area contributed by atoms with Crippen LogP contribution in [-0.4, -0.2) is 17.1 Å². The number of rotatable bonds is 4. The van der Waals surface area contributed by atoms with Crippen LogP contribution in [0.3, 0.4) is 0 Å². The monoisotopic (exact) mass is 476 g/mol. The molecule has 1 atom stereocenters. The summed E-state index contributed by atoms with van der Waals surface area (Å²) in [5, 5.41) is 7.47. The average molecular weight is 477 g/mol. The lowest BCUT2D eigenvalue weighted by molar-refractivity contribution is -0.0672. The van der Waals surface area contributed by atoms with Gasteiger partial charge < -0.3 is 9.73 Å². The summed E-state index contributed by atoms with van der Waals surface area (Å²) in [5.41, 5.74) is 1.07. The summed E-state index contributed by atoms with van der Waals surface area (Å²) >= 11 is 17.5. The van der Waals surface area contributed by atoms with Gasteiger partial charge in [0.25, 0.3) is 5.91 Å². The molecule has 2 aromatic rings. The molecule has 1 aromatic carbocycles. The van der Waals surface area contributed by atoms with Crippen molar-refractivity contribution in [2.24, 2.45) is 23.2 Å². The van der Waals surface area contributed by atoms with E-state index in [0.29, 0.717) is 26.3 Å². The molecule has 4 saturated carbocycles. The fourth-order valence-corrected chi connectivity index (χ4v) is 7.09. The summed E-state index contributed by atoms with van der Waals surface area (Å²) in [4.78, 5) is 12.7. The number of hydrogen-bond acceptors (Lipinski definition) is 3. The lowest BCUT2D eigenvalue weighted by atomic mass is 9.48. The van der Waals surface area contributed by atoms with Gasteiger partial charge in [0, 0.05) is 11.6 Å². The van der Waals surface area contributed by atoms with Crippen LogP contribution in [0.15, 0.2) is 34.7 Å². The third-order valence-electron chi connectivity index (χ3n) is 7.61. The van der Waals surface area contributed by atoms with E-state index < -0.39 is 0 Å². The van der Waals surface area contributed by atoms with Crippen molar-refractivity contribution in [3.63, 3.8) is 0 Å². The molecule has 0 radical (unpaired) electrons. The minimum absolute atomic E-state index is 0.202. The minimum atomic E-state index is -0.360. The number of nitrogens with one attached hydrogen (secondary N) is 2. The van der Waals surface area contributed by atoms with Crippen LogP contribution >= 0.6 is 35.4 Å². The molecule has 1 aromatic heterocycles. The molecular formula is C24H26Cl2N2O2S. The van der Waals surface area contributed by atoms with Crippen molar-refractivity contribution in [2.75, 3.05) is 0 Å². The lowest BCUT2D eigenvalue weighted by Crippen LogP contribution is -2.57. The number of amides is 1. The van der Waals surface area contributed by atoms with Gasteiger partial charge in [0.2, 0.25) is 0 Å². The molecule has 1 amide bonds. The van der Waals surface area contributed by atoms with Gasteiger partial charge in [-0.15, -0.1) is 0 Å². The van der Waals surface area contributed by atoms with E-state index in [-0.39, 0.29) is 17.7 Å². The first-order valence-electron chi connectivity index (χ1n) is 11.0. The van der Waals surface area contributed by atoms with Gasteiger partial charge in [0.1, 0.15) is 5.76 Å². The third-order valence-corrected chi connectivity index (χ3v) is 8.57. The SMILES string of the molecule is C[C@@H](NC(=S)NC(=O)c1ccc(-c2ccc(Cl)c(Cl)c2)o1)C12CC3CC(CC(C3)C1)C2. The van der Waals surface area contributed by atoms with Gasteiger partial charge >= 0.3 is 0 Å². The van der Waals surface area contributed by atoms with Gasteiger partial charge in [0.05, 0.1) is 10.0 Å². The highest BCUT2D eigenvalue weighted by molar-refractivity contribution is 7.80. The van der Waals surface area contributed by atoms with Gasteiger partial charge in [-0.25, -0.2) is 0 Å². The summed E-state index contributed by atoms with van der Waals surface area (Å²) in [7, 11) is 0. The van der Waals surface area contributed by atoms with Crippen LogP contribution in [0.4, 0.5) is 0 Å². The van der Waals surface area contributed by atoms with Crippen LogP contribution in [0.5, 0.6) is 0 Å². The molecular weight excluding hydrogens is 451 g/mol. The molecule has 4 bridgehead atoms. The number of benzene rings is 1. The second-order valence-corrected chi connectivity index (χ2v) is 10.9. The predicted octanol–water partition coefficient (Wildman–Crippen LogP) is 6.46. The predicted molar refractivity (Wildman–Crippen MR) is 127 cm³/mol. The standard InChI is InChI=1S/C24H26Cl2N2O2S/c1-13(24-10-14-6-15(11-24)8-16(7-14)12-24)27-23(31)28-22(29)21-5-4-20(30-21)17-2-3-18(25)19(26)9-17/h2-5,9,13-16H,6-8,10-12H2,1H3,(H2,27,28,29,31)/t13-,14?,15?,16?,24?/m1/s1. The summed E-state index contributed by atoms with van der Waals surface area (Å²) in [5.74, 6) is 3.02. The smallest absolute Gasteiger partial charge is 0.293 e. The van der Waals surface area contributed by atoms with Crippen molar-refractivity contribution in [3.05, 3.63) is 46.1 Å². The Morgan fingerprint density at radius 3 is 2.32 bits per heavy atom. The Labute approximate surface area is 198 Å². The number of furan rings is 1. The second-order valence-electron chi connectivity index (χ2n) is 9.72. The molecule has 0 aliphatic heterocycles. The van der Waals surface area contributed by atoms with Crippen LogP contribution < -0.4 is 10.6 Å². The molecule has 0 unspecified atom stereocenters. The highest BCUT2D eigenvalue weighted by atomic mass is 35.5. The van der Waals surface area contributed by atoms with Gasteiger partial charge in [-0.1, -0.05) is 23.2 Å². The van der Waals surface area contributed by atoms with Gasteiger partial charge in [-0.3, -0.25) is 10.1 Å². The molecule has 4 fully saturated rings. The van der Waals surface area contributed by atoms with Crippen molar-refractivity contribution in [1.29, 1.82) is 0 Å². The van der Waals surface area contributed by atoms with E-state index in [0.717, 1.165) is 23.3 Å². The van der Waals surface area contributed by atoms with Gasteiger partial charge in [-0.05, 0) is 111 Å². The quantitative estimate of drug-likeness (QED) is 0.496. The van der Waals surface area contributed by atoms with Crippen LogP contribution in [0, 0.1) is 23.2 Å². The number of hydrogen-bond donors (Lipinski definition) is 2. The first kappa shape index (κ1) is 21.3. The normalized spacial score (nSPS) is 29.6. The Morgan fingerprint density at radius 2 is 1.71 bits per heavy atom. The van der Waals surface area contributed by atoms with E-state index in [9.17, 15) is 4.79 Å². The molecule has 4 nitrogen and oxygen atoms in total. The fourth-order valence-electron chi connectivity index (χ4n) is 6.52. The van der Waals surface area contributed by atoms with Crippen LogP contribution in [-0.2, 0) is 0 Å². The highest BCUT2D eigenvalue weighted by Crippen LogP contribution is 2.61. The van der Waals surface area contributed by atoms with E-state index in [4.69, 9.17) is 39.8 Å². The number of carbonyl (C=O) groups is 1. The maximum atomic E-state index is 12.7. The van der Waals surface area contributed by atoms with Crippen LogP contribution in [0.25, 0.3) is 11.3 Å². The van der Waals surface area contributed by atoms with Crippen LogP contribution in [0.1, 0.15) is 56.0 Å². The number of halogens is 2. The first-order valence-corrected chi connectivity index (χ1v) is 12.1. The molecule has 31 heavy (non-hydrogen) atoms. The first-order chi connectivity index (χ1) is 14.8. The molecule has 4 aliphatic rings. The van der Waals surface area contributed by atoms with E-state index >= 15 is 0 Å². The number of carbonyl (C=O) groups excluding carboxylic acids is 1. The summed E-state index contributed by atoms with van der Waals surface area (Å²) < 4.78 is 5.73. The minimum Gasteiger partial charge on any atom is -0.451 e. The molecule has 1 heterocycles. The zero-order valence-corrected chi connectivity index (χ0v) is 19.7. The third kappa shape index (κ3) is 4.12. The van der Waals surface area contributed by atoms with Gasteiger partial charge in [-0.2, -0.15) is 0 Å². The second kappa shape index (κ2) is 8.09. The molecule has 4 aliphatic carbocycles. The van der Waals surface area contributed by atoms with E-state index in [2.05, 4.69) is 17.6 Å². The van der Waals surface area contributed by atoms with E-state index in [1.54, 1.807) is 30.3 Å². The van der Waals surface area contributed by atoms with Crippen molar-refractivity contribution in [3.8, 4) is 11.3 Å². The van der Waals surface area contributed by atoms with Crippen molar-refractivity contribution in [1.82, 2.24) is 10.6 Å². The maximum absolute atomic E-state index is 12.7. The summed E-state index contributed by atoms with van der Waals surface area (Å²) in [6.45, 7) is 2.22. The zero-order valence-electron chi connectivity index (χ0n) is 17.4. The Morgan fingerprint density at radius 1 is 1.06 bits per heavy atom. The largest absolute Gasteiger partial charge is 0.451 e. The average Bonchev–Trinajstić information content (AvgIpc) is 3.19. The Balaban J connectivity index is 1.21. The number of thiocarbonyl (C=S) groups is 1. The van der Waals surface area contributed by atoms with E-state index in [1.807, 2.05) is 0 Å². The highest BCUT2D eigenvalue weighted by Gasteiger charge is 2.53. The van der Waals surface area contributed by atoms with Crippen molar-refractivity contribution < 1.29 is 9.21 Å².